The van der Waals surface area contributed by atoms with E-state index in [0.717, 1.165) is 16.0 Å². The number of nitrogens with zero attached hydrogens (tertiary/aromatic N) is 2. The lowest BCUT2D eigenvalue weighted by Gasteiger charge is -2.20. The van der Waals surface area contributed by atoms with Crippen LogP contribution >= 0.6 is 22.9 Å². The van der Waals surface area contributed by atoms with Gasteiger partial charge in [0, 0.05) is 17.9 Å². The highest BCUT2D eigenvalue weighted by Crippen LogP contribution is 2.24. The van der Waals surface area contributed by atoms with Crippen molar-refractivity contribution in [3.63, 3.8) is 0 Å². The first kappa shape index (κ1) is 19.4. The smallest absolute Gasteiger partial charge is 0.227 e. The molecule has 1 unspecified atom stereocenters. The molecule has 0 spiro atoms. The summed E-state index contributed by atoms with van der Waals surface area (Å²) in [4.78, 5) is 18.0. The molecule has 0 saturated heterocycles. The molecule has 4 rings (SSSR count). The van der Waals surface area contributed by atoms with Crippen molar-refractivity contribution in [1.82, 2.24) is 15.5 Å². The molecule has 2 heterocycles. The summed E-state index contributed by atoms with van der Waals surface area (Å²) in [6.07, 6.45) is 0.634. The van der Waals surface area contributed by atoms with Gasteiger partial charge in [-0.15, -0.1) is 11.3 Å². The largest absolute Gasteiger partial charge is 0.345 e. The first-order chi connectivity index (χ1) is 14.2. The Morgan fingerprint density at radius 3 is 2.52 bits per heavy atom. The van der Waals surface area contributed by atoms with Crippen molar-refractivity contribution in [1.29, 1.82) is 0 Å². The summed E-state index contributed by atoms with van der Waals surface area (Å²) in [5.41, 5.74) is 1.97. The third-order valence-electron chi connectivity index (χ3n) is 4.42. The third kappa shape index (κ3) is 4.91. The second kappa shape index (κ2) is 9.03. The van der Waals surface area contributed by atoms with Crippen LogP contribution in [0.25, 0.3) is 10.7 Å². The number of hydrogen-bond acceptors (Lipinski definition) is 5. The summed E-state index contributed by atoms with van der Waals surface area (Å²) >= 11 is 7.56. The maximum absolute atomic E-state index is 12.7. The minimum absolute atomic E-state index is 0.0929. The number of nitrogens with one attached hydrogen (secondary N) is 1. The lowest BCUT2D eigenvalue weighted by atomic mass is 9.98. The number of halogens is 1. The van der Waals surface area contributed by atoms with Gasteiger partial charge in [0.25, 0.3) is 0 Å². The van der Waals surface area contributed by atoms with Crippen LogP contribution in [-0.2, 0) is 11.2 Å². The summed E-state index contributed by atoms with van der Waals surface area (Å²) in [5.74, 6) is 0.912. The number of rotatable bonds is 7. The summed E-state index contributed by atoms with van der Waals surface area (Å²) in [6.45, 7) is 0. The fraction of sp³-hybridized carbons (Fsp3) is 0.136. The molecule has 0 aliphatic rings. The van der Waals surface area contributed by atoms with Gasteiger partial charge >= 0.3 is 0 Å². The normalized spacial score (nSPS) is 11.9. The number of thiophene rings is 1. The molecule has 4 aromatic rings. The minimum atomic E-state index is -0.259. The molecule has 0 radical (unpaired) electrons. The number of amides is 1. The average molecular weight is 424 g/mol. The van der Waals surface area contributed by atoms with Crippen LogP contribution in [0.1, 0.15) is 29.5 Å². The highest BCUT2D eigenvalue weighted by atomic mass is 35.5. The Morgan fingerprint density at radius 2 is 1.79 bits per heavy atom. The minimum Gasteiger partial charge on any atom is -0.345 e. The first-order valence-corrected chi connectivity index (χ1v) is 10.4. The molecule has 7 heteroatoms. The standard InChI is InChI=1S/C22H18ClN3O2S/c23-17-10-8-16(9-11-17)21(15-5-2-1-3-6-15)24-19(27)12-13-20-25-22(26-28-20)18-7-4-14-29-18/h1-11,14,21H,12-13H2,(H,24,27). The van der Waals surface area contributed by atoms with E-state index in [4.69, 9.17) is 16.1 Å². The van der Waals surface area contributed by atoms with E-state index < -0.39 is 0 Å². The lowest BCUT2D eigenvalue weighted by molar-refractivity contribution is -0.121. The second-order valence-electron chi connectivity index (χ2n) is 6.45. The van der Waals surface area contributed by atoms with Gasteiger partial charge in [-0.1, -0.05) is 65.3 Å². The Hall–Kier alpha value is -2.96. The fourth-order valence-corrected chi connectivity index (χ4v) is 3.75. The second-order valence-corrected chi connectivity index (χ2v) is 7.84. The number of benzene rings is 2. The highest BCUT2D eigenvalue weighted by molar-refractivity contribution is 7.13. The van der Waals surface area contributed by atoms with E-state index in [2.05, 4.69) is 15.5 Å². The number of carbonyl (C=O) groups excluding carboxylic acids is 1. The molecular formula is C22H18ClN3O2S. The zero-order valence-corrected chi connectivity index (χ0v) is 17.0. The topological polar surface area (TPSA) is 68.0 Å². The summed E-state index contributed by atoms with van der Waals surface area (Å²) in [5, 5.41) is 9.70. The van der Waals surface area contributed by atoms with Crippen LogP contribution in [0, 0.1) is 0 Å². The summed E-state index contributed by atoms with van der Waals surface area (Å²) < 4.78 is 5.28. The van der Waals surface area contributed by atoms with Crippen LogP contribution in [0.3, 0.4) is 0 Å². The maximum Gasteiger partial charge on any atom is 0.227 e. The number of carbonyl (C=O) groups is 1. The summed E-state index contributed by atoms with van der Waals surface area (Å²) in [7, 11) is 0. The zero-order valence-electron chi connectivity index (χ0n) is 15.4. The Labute approximate surface area is 177 Å². The molecule has 0 bridgehead atoms. The Bertz CT molecular complexity index is 1060. The third-order valence-corrected chi connectivity index (χ3v) is 5.53. The Kier molecular flexibility index (Phi) is 6.03. The van der Waals surface area contributed by atoms with Crippen LogP contribution in [0.4, 0.5) is 0 Å². The van der Waals surface area contributed by atoms with Gasteiger partial charge in [-0.25, -0.2) is 0 Å². The molecule has 0 aliphatic heterocycles. The van der Waals surface area contributed by atoms with Gasteiger partial charge in [0.1, 0.15) is 0 Å². The van der Waals surface area contributed by atoms with Gasteiger partial charge in [0.05, 0.1) is 10.9 Å². The van der Waals surface area contributed by atoms with Crippen molar-refractivity contribution in [3.8, 4) is 10.7 Å². The maximum atomic E-state index is 12.7. The Morgan fingerprint density at radius 1 is 1.03 bits per heavy atom. The molecule has 1 N–H and O–H groups in total. The van der Waals surface area contributed by atoms with E-state index in [9.17, 15) is 4.79 Å². The van der Waals surface area contributed by atoms with Crippen molar-refractivity contribution in [2.45, 2.75) is 18.9 Å². The van der Waals surface area contributed by atoms with Crippen molar-refractivity contribution >= 4 is 28.8 Å². The molecule has 1 atom stereocenters. The van der Waals surface area contributed by atoms with Gasteiger partial charge < -0.3 is 9.84 Å². The SMILES string of the molecule is O=C(CCc1nc(-c2cccs2)no1)NC(c1ccccc1)c1ccc(Cl)cc1. The van der Waals surface area contributed by atoms with Gasteiger partial charge in [0.15, 0.2) is 0 Å². The number of aromatic nitrogens is 2. The lowest BCUT2D eigenvalue weighted by Crippen LogP contribution is -2.29. The molecule has 0 saturated carbocycles. The molecule has 2 aromatic heterocycles. The van der Waals surface area contributed by atoms with Crippen molar-refractivity contribution in [2.75, 3.05) is 0 Å². The van der Waals surface area contributed by atoms with Crippen LogP contribution in [0.2, 0.25) is 5.02 Å². The Balaban J connectivity index is 1.43. The first-order valence-electron chi connectivity index (χ1n) is 9.15. The average Bonchev–Trinajstić information content (AvgIpc) is 3.44. The predicted octanol–water partition coefficient (Wildman–Crippen LogP) is 5.29. The van der Waals surface area contributed by atoms with Crippen LogP contribution in [0.5, 0.6) is 0 Å². The van der Waals surface area contributed by atoms with Gasteiger partial charge in [-0.05, 0) is 34.7 Å². The van der Waals surface area contributed by atoms with Crippen molar-refractivity contribution in [2.24, 2.45) is 0 Å². The van der Waals surface area contributed by atoms with E-state index in [1.807, 2.05) is 72.1 Å². The van der Waals surface area contributed by atoms with Crippen LogP contribution in [-0.4, -0.2) is 16.0 Å². The van der Waals surface area contributed by atoms with Gasteiger partial charge in [-0.2, -0.15) is 4.98 Å². The monoisotopic (exact) mass is 423 g/mol. The molecule has 29 heavy (non-hydrogen) atoms. The van der Waals surface area contributed by atoms with Gasteiger partial charge in [-0.3, -0.25) is 4.79 Å². The molecule has 1 amide bonds. The van der Waals surface area contributed by atoms with Crippen molar-refractivity contribution < 1.29 is 9.32 Å². The molecule has 2 aromatic carbocycles. The van der Waals surface area contributed by atoms with Gasteiger partial charge in [0.2, 0.25) is 17.6 Å². The molecule has 5 nitrogen and oxygen atoms in total. The molecule has 0 aliphatic carbocycles. The number of hydrogen-bond donors (Lipinski definition) is 1. The molecule has 146 valence electrons. The quantitative estimate of drug-likeness (QED) is 0.438. The van der Waals surface area contributed by atoms with E-state index in [-0.39, 0.29) is 18.4 Å². The molecule has 0 fully saturated rings. The highest BCUT2D eigenvalue weighted by Gasteiger charge is 2.18. The van der Waals surface area contributed by atoms with Crippen molar-refractivity contribution in [3.05, 3.63) is 94.2 Å². The van der Waals surface area contributed by atoms with Crippen LogP contribution < -0.4 is 5.32 Å². The zero-order chi connectivity index (χ0) is 20.1. The summed E-state index contributed by atoms with van der Waals surface area (Å²) in [6, 6.07) is 20.9. The fourth-order valence-electron chi connectivity index (χ4n) is 2.98. The predicted molar refractivity (Wildman–Crippen MR) is 114 cm³/mol. The molecular weight excluding hydrogens is 406 g/mol. The van der Waals surface area contributed by atoms with E-state index in [1.54, 1.807) is 11.3 Å². The van der Waals surface area contributed by atoms with E-state index in [1.165, 1.54) is 0 Å². The van der Waals surface area contributed by atoms with E-state index >= 15 is 0 Å². The number of aryl methyl sites for hydroxylation is 1. The van der Waals surface area contributed by atoms with E-state index in [0.29, 0.717) is 23.2 Å². The van der Waals surface area contributed by atoms with Crippen LogP contribution in [0.15, 0.2) is 76.6 Å².